The van der Waals surface area contributed by atoms with Crippen LogP contribution in [-0.2, 0) is 9.53 Å². The smallest absolute Gasteiger partial charge is 0.309 e. The SMILES string of the molecule is COC(=O)C(C)C(C)Sc1cccs1. The summed E-state index contributed by atoms with van der Waals surface area (Å²) in [6.45, 7) is 3.95. The monoisotopic (exact) mass is 230 g/mol. The van der Waals surface area contributed by atoms with Crippen LogP contribution in [0.4, 0.5) is 0 Å². The molecule has 78 valence electrons. The fourth-order valence-electron chi connectivity index (χ4n) is 0.993. The van der Waals surface area contributed by atoms with Gasteiger partial charge in [0.25, 0.3) is 0 Å². The lowest BCUT2D eigenvalue weighted by atomic mass is 10.1. The van der Waals surface area contributed by atoms with Crippen LogP contribution in [0.3, 0.4) is 0 Å². The molecular formula is C10H14O2S2. The molecule has 0 aromatic carbocycles. The van der Waals surface area contributed by atoms with E-state index in [1.54, 1.807) is 23.1 Å². The van der Waals surface area contributed by atoms with Crippen LogP contribution in [-0.4, -0.2) is 18.3 Å². The topological polar surface area (TPSA) is 26.3 Å². The first-order chi connectivity index (χ1) is 6.65. The fraction of sp³-hybridized carbons (Fsp3) is 0.500. The molecule has 0 bridgehead atoms. The molecule has 14 heavy (non-hydrogen) atoms. The Balaban J connectivity index is 2.49. The Bertz CT molecular complexity index is 282. The molecule has 0 aliphatic carbocycles. The standard InChI is InChI=1S/C10H14O2S2/c1-7(10(11)12-3)8(2)14-9-5-4-6-13-9/h4-8H,1-3H3. The molecule has 1 heterocycles. The average molecular weight is 230 g/mol. The molecule has 2 nitrogen and oxygen atoms in total. The van der Waals surface area contributed by atoms with Crippen LogP contribution in [0.25, 0.3) is 0 Å². The normalized spacial score (nSPS) is 14.8. The number of thiophene rings is 1. The zero-order valence-electron chi connectivity index (χ0n) is 8.52. The van der Waals surface area contributed by atoms with Gasteiger partial charge >= 0.3 is 5.97 Å². The second kappa shape index (κ2) is 5.41. The third-order valence-corrected chi connectivity index (χ3v) is 4.46. The average Bonchev–Trinajstić information content (AvgIpc) is 2.68. The Hall–Kier alpha value is -0.480. The predicted octanol–water partition coefficient (Wildman–Crippen LogP) is 3.04. The first-order valence-electron chi connectivity index (χ1n) is 4.43. The Morgan fingerprint density at radius 2 is 2.29 bits per heavy atom. The van der Waals surface area contributed by atoms with Gasteiger partial charge in [-0.05, 0) is 11.4 Å². The van der Waals surface area contributed by atoms with Gasteiger partial charge in [0.2, 0.25) is 0 Å². The molecule has 0 fully saturated rings. The number of carbonyl (C=O) groups is 1. The molecule has 2 atom stereocenters. The summed E-state index contributed by atoms with van der Waals surface area (Å²) in [5, 5.41) is 2.29. The summed E-state index contributed by atoms with van der Waals surface area (Å²) in [6.07, 6.45) is 0. The fourth-order valence-corrected chi connectivity index (χ4v) is 3.12. The molecule has 2 unspecified atom stereocenters. The molecule has 1 rings (SSSR count). The lowest BCUT2D eigenvalue weighted by Crippen LogP contribution is -2.21. The van der Waals surface area contributed by atoms with Crippen molar-refractivity contribution < 1.29 is 9.53 Å². The van der Waals surface area contributed by atoms with Crippen molar-refractivity contribution in [2.75, 3.05) is 7.11 Å². The molecule has 0 radical (unpaired) electrons. The van der Waals surface area contributed by atoms with E-state index in [1.807, 2.05) is 25.3 Å². The van der Waals surface area contributed by atoms with Gasteiger partial charge in [-0.25, -0.2) is 0 Å². The zero-order chi connectivity index (χ0) is 10.6. The van der Waals surface area contributed by atoms with E-state index in [-0.39, 0.29) is 17.1 Å². The maximum Gasteiger partial charge on any atom is 0.309 e. The second-order valence-corrected chi connectivity index (χ2v) is 5.69. The number of ether oxygens (including phenoxy) is 1. The molecule has 1 aromatic rings. The van der Waals surface area contributed by atoms with Crippen molar-refractivity contribution in [3.63, 3.8) is 0 Å². The van der Waals surface area contributed by atoms with Gasteiger partial charge in [0.15, 0.2) is 0 Å². The van der Waals surface area contributed by atoms with Gasteiger partial charge in [0, 0.05) is 5.25 Å². The van der Waals surface area contributed by atoms with Gasteiger partial charge in [-0.3, -0.25) is 4.79 Å². The molecular weight excluding hydrogens is 216 g/mol. The van der Waals surface area contributed by atoms with Crippen LogP contribution in [0, 0.1) is 5.92 Å². The molecule has 0 saturated heterocycles. The highest BCUT2D eigenvalue weighted by atomic mass is 32.2. The van der Waals surface area contributed by atoms with Crippen molar-refractivity contribution in [1.82, 2.24) is 0 Å². The van der Waals surface area contributed by atoms with Gasteiger partial charge in [0.05, 0.1) is 17.2 Å². The summed E-state index contributed by atoms with van der Waals surface area (Å²) in [5.74, 6) is -0.200. The molecule has 0 N–H and O–H groups in total. The third kappa shape index (κ3) is 3.03. The summed E-state index contributed by atoms with van der Waals surface area (Å²) >= 11 is 3.42. The van der Waals surface area contributed by atoms with Gasteiger partial charge in [0.1, 0.15) is 0 Å². The lowest BCUT2D eigenvalue weighted by Gasteiger charge is -2.15. The summed E-state index contributed by atoms with van der Waals surface area (Å²) in [5.41, 5.74) is 0. The number of carbonyl (C=O) groups excluding carboxylic acids is 1. The number of hydrogen-bond acceptors (Lipinski definition) is 4. The predicted molar refractivity (Wildman–Crippen MR) is 60.8 cm³/mol. The van der Waals surface area contributed by atoms with Crippen molar-refractivity contribution in [2.45, 2.75) is 23.3 Å². The number of methoxy groups -OCH3 is 1. The van der Waals surface area contributed by atoms with Gasteiger partial charge in [-0.2, -0.15) is 0 Å². The van der Waals surface area contributed by atoms with Crippen molar-refractivity contribution in [3.05, 3.63) is 17.5 Å². The first kappa shape index (κ1) is 11.6. The molecule has 1 aromatic heterocycles. The van der Waals surface area contributed by atoms with E-state index in [2.05, 4.69) is 6.07 Å². The summed E-state index contributed by atoms with van der Waals surface area (Å²) in [6, 6.07) is 4.08. The Labute approximate surface area is 92.7 Å². The van der Waals surface area contributed by atoms with Gasteiger partial charge in [-0.15, -0.1) is 23.1 Å². The molecule has 4 heteroatoms. The Morgan fingerprint density at radius 1 is 1.57 bits per heavy atom. The number of hydrogen-bond donors (Lipinski definition) is 0. The van der Waals surface area contributed by atoms with E-state index >= 15 is 0 Å². The highest BCUT2D eigenvalue weighted by molar-refractivity contribution is 8.01. The number of thioether (sulfide) groups is 1. The Kier molecular flexibility index (Phi) is 4.48. The number of rotatable bonds is 4. The van der Waals surface area contributed by atoms with Crippen LogP contribution >= 0.6 is 23.1 Å². The molecule has 0 spiro atoms. The largest absolute Gasteiger partial charge is 0.469 e. The summed E-state index contributed by atoms with van der Waals surface area (Å²) < 4.78 is 5.95. The number of esters is 1. The van der Waals surface area contributed by atoms with Crippen molar-refractivity contribution >= 4 is 29.1 Å². The quantitative estimate of drug-likeness (QED) is 0.587. The van der Waals surface area contributed by atoms with Crippen molar-refractivity contribution in [3.8, 4) is 0 Å². The highest BCUT2D eigenvalue weighted by Gasteiger charge is 2.21. The van der Waals surface area contributed by atoms with E-state index in [9.17, 15) is 4.79 Å². The molecule has 0 aliphatic rings. The summed E-state index contributed by atoms with van der Waals surface area (Å²) in [4.78, 5) is 11.2. The minimum atomic E-state index is -0.137. The third-order valence-electron chi connectivity index (χ3n) is 2.07. The Morgan fingerprint density at radius 3 is 2.79 bits per heavy atom. The lowest BCUT2D eigenvalue weighted by molar-refractivity contribution is -0.144. The van der Waals surface area contributed by atoms with Crippen LogP contribution in [0.5, 0.6) is 0 Å². The van der Waals surface area contributed by atoms with Crippen molar-refractivity contribution in [1.29, 1.82) is 0 Å². The van der Waals surface area contributed by atoms with Crippen LogP contribution in [0.2, 0.25) is 0 Å². The van der Waals surface area contributed by atoms with E-state index in [0.29, 0.717) is 0 Å². The van der Waals surface area contributed by atoms with Crippen LogP contribution in [0.1, 0.15) is 13.8 Å². The van der Waals surface area contributed by atoms with E-state index in [1.165, 1.54) is 11.3 Å². The van der Waals surface area contributed by atoms with E-state index in [0.717, 1.165) is 0 Å². The molecule has 0 saturated carbocycles. The van der Waals surface area contributed by atoms with Crippen LogP contribution in [0.15, 0.2) is 21.7 Å². The highest BCUT2D eigenvalue weighted by Crippen LogP contribution is 2.31. The summed E-state index contributed by atoms with van der Waals surface area (Å²) in [7, 11) is 1.43. The molecule has 0 amide bonds. The van der Waals surface area contributed by atoms with Crippen LogP contribution < -0.4 is 0 Å². The first-order valence-corrected chi connectivity index (χ1v) is 6.19. The second-order valence-electron chi connectivity index (χ2n) is 3.07. The minimum absolute atomic E-state index is 0.0629. The zero-order valence-corrected chi connectivity index (χ0v) is 10.2. The van der Waals surface area contributed by atoms with Gasteiger partial charge in [-0.1, -0.05) is 19.9 Å². The maximum atomic E-state index is 11.2. The van der Waals surface area contributed by atoms with E-state index < -0.39 is 0 Å². The maximum absolute atomic E-state index is 11.2. The minimum Gasteiger partial charge on any atom is -0.469 e. The molecule has 0 aliphatic heterocycles. The van der Waals surface area contributed by atoms with Crippen molar-refractivity contribution in [2.24, 2.45) is 5.92 Å². The van der Waals surface area contributed by atoms with E-state index in [4.69, 9.17) is 4.74 Å². The van der Waals surface area contributed by atoms with Gasteiger partial charge < -0.3 is 4.74 Å².